The van der Waals surface area contributed by atoms with Crippen LogP contribution in [0, 0.1) is 6.92 Å². The normalized spacial score (nSPS) is 11.8. The summed E-state index contributed by atoms with van der Waals surface area (Å²) in [6, 6.07) is 11.9. The second-order valence-corrected chi connectivity index (χ2v) is 8.24. The van der Waals surface area contributed by atoms with Crippen molar-refractivity contribution < 1.29 is 14.3 Å². The molecule has 0 heterocycles. The second kappa shape index (κ2) is 11.2. The predicted molar refractivity (Wildman–Crippen MR) is 121 cm³/mol. The van der Waals surface area contributed by atoms with Gasteiger partial charge in [-0.2, -0.15) is 0 Å². The minimum atomic E-state index is -0.646. The van der Waals surface area contributed by atoms with Crippen molar-refractivity contribution in [2.24, 2.45) is 0 Å². The molecule has 0 bridgehead atoms. The van der Waals surface area contributed by atoms with Gasteiger partial charge < -0.3 is 15.0 Å². The number of amides is 2. The zero-order chi connectivity index (χ0) is 22.3. The number of benzene rings is 2. The van der Waals surface area contributed by atoms with Crippen molar-refractivity contribution in [3.8, 4) is 5.75 Å². The second-order valence-electron chi connectivity index (χ2n) is 7.40. The first-order chi connectivity index (χ1) is 14.2. The van der Waals surface area contributed by atoms with Crippen LogP contribution in [-0.4, -0.2) is 35.4 Å². The van der Waals surface area contributed by atoms with E-state index in [-0.39, 0.29) is 31.0 Å². The molecule has 0 saturated heterocycles. The van der Waals surface area contributed by atoms with E-state index in [1.165, 1.54) is 4.90 Å². The lowest BCUT2D eigenvalue weighted by Gasteiger charge is -2.31. The Bertz CT molecular complexity index is 887. The van der Waals surface area contributed by atoms with Gasteiger partial charge in [0.15, 0.2) is 6.61 Å². The Kier molecular flexibility index (Phi) is 9.00. The maximum atomic E-state index is 13.2. The topological polar surface area (TPSA) is 58.6 Å². The zero-order valence-electron chi connectivity index (χ0n) is 17.7. The smallest absolute Gasteiger partial charge is 0.261 e. The van der Waals surface area contributed by atoms with Gasteiger partial charge in [-0.05, 0) is 56.5 Å². The molecule has 0 spiro atoms. The Labute approximate surface area is 188 Å². The fourth-order valence-corrected chi connectivity index (χ4v) is 3.54. The standard InChI is InChI=1S/C23H28Cl2N2O3/c1-5-20(23(29)26-15(2)3)27(13-17-10-11-18(24)12-19(17)25)22(28)14-30-21-9-7-6-8-16(21)4/h6-12,15,20H,5,13-14H2,1-4H3,(H,26,29)/t20-/m0/s1. The van der Waals surface area contributed by atoms with Crippen LogP contribution in [0.25, 0.3) is 0 Å². The fourth-order valence-electron chi connectivity index (χ4n) is 3.07. The van der Waals surface area contributed by atoms with Gasteiger partial charge in [-0.15, -0.1) is 0 Å². The zero-order valence-corrected chi connectivity index (χ0v) is 19.3. The summed E-state index contributed by atoms with van der Waals surface area (Å²) < 4.78 is 5.75. The highest BCUT2D eigenvalue weighted by atomic mass is 35.5. The van der Waals surface area contributed by atoms with Crippen molar-refractivity contribution in [2.75, 3.05) is 6.61 Å². The minimum Gasteiger partial charge on any atom is -0.484 e. The molecule has 0 radical (unpaired) electrons. The van der Waals surface area contributed by atoms with E-state index in [0.29, 0.717) is 27.8 Å². The highest BCUT2D eigenvalue weighted by Crippen LogP contribution is 2.24. The predicted octanol–water partition coefficient (Wildman–Crippen LogP) is 5.01. The number of para-hydroxylation sites is 1. The molecule has 162 valence electrons. The van der Waals surface area contributed by atoms with Gasteiger partial charge in [0.05, 0.1) is 0 Å². The number of hydrogen-bond donors (Lipinski definition) is 1. The first kappa shape index (κ1) is 24.0. The van der Waals surface area contributed by atoms with Crippen LogP contribution < -0.4 is 10.1 Å². The van der Waals surface area contributed by atoms with Crippen LogP contribution in [0.1, 0.15) is 38.3 Å². The maximum Gasteiger partial charge on any atom is 0.261 e. The molecule has 0 aliphatic heterocycles. The highest BCUT2D eigenvalue weighted by molar-refractivity contribution is 6.35. The van der Waals surface area contributed by atoms with Crippen LogP contribution in [0.5, 0.6) is 5.75 Å². The Morgan fingerprint density at radius 1 is 1.13 bits per heavy atom. The lowest BCUT2D eigenvalue weighted by atomic mass is 10.1. The molecule has 0 aliphatic rings. The molecule has 1 atom stereocenters. The summed E-state index contributed by atoms with van der Waals surface area (Å²) in [5, 5.41) is 3.85. The van der Waals surface area contributed by atoms with Crippen LogP contribution in [0.3, 0.4) is 0 Å². The molecule has 1 N–H and O–H groups in total. The number of ether oxygens (including phenoxy) is 1. The average molecular weight is 451 g/mol. The quantitative estimate of drug-likeness (QED) is 0.583. The third-order valence-corrected chi connectivity index (χ3v) is 5.20. The van der Waals surface area contributed by atoms with Crippen LogP contribution in [0.15, 0.2) is 42.5 Å². The molecule has 0 unspecified atom stereocenters. The molecular formula is C23H28Cl2N2O3. The number of rotatable bonds is 9. The van der Waals surface area contributed by atoms with Crippen LogP contribution in [0.2, 0.25) is 10.0 Å². The van der Waals surface area contributed by atoms with Gasteiger partial charge in [-0.3, -0.25) is 9.59 Å². The fraction of sp³-hybridized carbons (Fsp3) is 0.391. The Morgan fingerprint density at radius 3 is 2.43 bits per heavy atom. The van der Waals surface area contributed by atoms with Gasteiger partial charge in [0.1, 0.15) is 11.8 Å². The number of hydrogen-bond acceptors (Lipinski definition) is 3. The molecular weight excluding hydrogens is 423 g/mol. The molecule has 7 heteroatoms. The van der Waals surface area contributed by atoms with Crippen molar-refractivity contribution in [2.45, 2.75) is 52.7 Å². The lowest BCUT2D eigenvalue weighted by molar-refractivity contribution is -0.143. The molecule has 0 aliphatic carbocycles. The summed E-state index contributed by atoms with van der Waals surface area (Å²) in [6.07, 6.45) is 0.458. The number of carbonyl (C=O) groups excluding carboxylic acids is 2. The first-order valence-electron chi connectivity index (χ1n) is 9.95. The highest BCUT2D eigenvalue weighted by Gasteiger charge is 2.29. The van der Waals surface area contributed by atoms with E-state index in [1.54, 1.807) is 18.2 Å². The van der Waals surface area contributed by atoms with Crippen molar-refractivity contribution in [1.82, 2.24) is 10.2 Å². The van der Waals surface area contributed by atoms with Crippen molar-refractivity contribution in [3.63, 3.8) is 0 Å². The van der Waals surface area contributed by atoms with Gasteiger partial charge in [0, 0.05) is 22.6 Å². The van der Waals surface area contributed by atoms with E-state index < -0.39 is 6.04 Å². The molecule has 0 saturated carbocycles. The Hall–Kier alpha value is -2.24. The number of halogens is 2. The van der Waals surface area contributed by atoms with E-state index in [1.807, 2.05) is 52.0 Å². The minimum absolute atomic E-state index is 0.0363. The van der Waals surface area contributed by atoms with E-state index in [2.05, 4.69) is 5.32 Å². The molecule has 2 aromatic carbocycles. The molecule has 2 rings (SSSR count). The molecule has 5 nitrogen and oxygen atoms in total. The SMILES string of the molecule is CC[C@@H](C(=O)NC(C)C)N(Cc1ccc(Cl)cc1Cl)C(=O)COc1ccccc1C. The van der Waals surface area contributed by atoms with Crippen molar-refractivity contribution >= 4 is 35.0 Å². The Balaban J connectivity index is 2.27. The summed E-state index contributed by atoms with van der Waals surface area (Å²) in [4.78, 5) is 27.5. The molecule has 2 amide bonds. The summed E-state index contributed by atoms with van der Waals surface area (Å²) >= 11 is 12.3. The van der Waals surface area contributed by atoms with Crippen molar-refractivity contribution in [1.29, 1.82) is 0 Å². The summed E-state index contributed by atoms with van der Waals surface area (Å²) in [6.45, 7) is 7.55. The van der Waals surface area contributed by atoms with Gasteiger partial charge in [-0.25, -0.2) is 0 Å². The molecule has 0 aromatic heterocycles. The van der Waals surface area contributed by atoms with E-state index in [9.17, 15) is 9.59 Å². The van der Waals surface area contributed by atoms with E-state index in [0.717, 1.165) is 5.56 Å². The van der Waals surface area contributed by atoms with Gasteiger partial charge in [0.2, 0.25) is 5.91 Å². The van der Waals surface area contributed by atoms with Crippen molar-refractivity contribution in [3.05, 3.63) is 63.6 Å². The van der Waals surface area contributed by atoms with Crippen LogP contribution in [-0.2, 0) is 16.1 Å². The summed E-state index contributed by atoms with van der Waals surface area (Å²) in [5.41, 5.74) is 1.64. The lowest BCUT2D eigenvalue weighted by Crippen LogP contribution is -2.51. The third kappa shape index (κ3) is 6.64. The van der Waals surface area contributed by atoms with Crippen LogP contribution >= 0.6 is 23.2 Å². The molecule has 2 aromatic rings. The summed E-state index contributed by atoms with van der Waals surface area (Å²) in [5.74, 6) is 0.131. The summed E-state index contributed by atoms with van der Waals surface area (Å²) in [7, 11) is 0. The van der Waals surface area contributed by atoms with Gasteiger partial charge in [0.25, 0.3) is 5.91 Å². The first-order valence-corrected chi connectivity index (χ1v) is 10.7. The van der Waals surface area contributed by atoms with Gasteiger partial charge >= 0.3 is 0 Å². The molecule has 0 fully saturated rings. The van der Waals surface area contributed by atoms with E-state index in [4.69, 9.17) is 27.9 Å². The third-order valence-electron chi connectivity index (χ3n) is 4.62. The number of nitrogens with one attached hydrogen (secondary N) is 1. The number of carbonyl (C=O) groups is 2. The average Bonchev–Trinajstić information content (AvgIpc) is 2.68. The monoisotopic (exact) mass is 450 g/mol. The Morgan fingerprint density at radius 2 is 1.83 bits per heavy atom. The maximum absolute atomic E-state index is 13.2. The largest absolute Gasteiger partial charge is 0.484 e. The molecule has 30 heavy (non-hydrogen) atoms. The number of nitrogens with zero attached hydrogens (tertiary/aromatic N) is 1. The number of aryl methyl sites for hydroxylation is 1. The van der Waals surface area contributed by atoms with Gasteiger partial charge in [-0.1, -0.05) is 54.4 Å². The van der Waals surface area contributed by atoms with E-state index >= 15 is 0 Å². The van der Waals surface area contributed by atoms with Crippen LogP contribution in [0.4, 0.5) is 0 Å².